The number of para-hydroxylation sites is 1. The predicted octanol–water partition coefficient (Wildman–Crippen LogP) is 3.39. The van der Waals surface area contributed by atoms with Crippen molar-refractivity contribution in [1.82, 2.24) is 10.3 Å². The van der Waals surface area contributed by atoms with Crippen LogP contribution in [0, 0.1) is 17.6 Å². The molecule has 0 aliphatic rings. The Morgan fingerprint density at radius 3 is 2.16 bits per heavy atom. The standard InChI is InChI=1S/C18H19F2N3O2/c1-11(2)9-10-21-17(24)14-7-4-8-15(22-14)18(25)23-16-12(19)5-3-6-13(16)20/h3-8,11H,9-10H2,1-2H3,(H,21,24)(H,23,25). The fraction of sp³-hybridized carbons (Fsp3) is 0.278. The van der Waals surface area contributed by atoms with Crippen molar-refractivity contribution >= 4 is 17.5 Å². The van der Waals surface area contributed by atoms with Gasteiger partial charge >= 0.3 is 0 Å². The fourth-order valence-corrected chi connectivity index (χ4v) is 2.05. The summed E-state index contributed by atoms with van der Waals surface area (Å²) >= 11 is 0. The van der Waals surface area contributed by atoms with Gasteiger partial charge < -0.3 is 10.6 Å². The first-order valence-corrected chi connectivity index (χ1v) is 7.89. The van der Waals surface area contributed by atoms with E-state index in [2.05, 4.69) is 15.6 Å². The van der Waals surface area contributed by atoms with Gasteiger partial charge in [-0.15, -0.1) is 0 Å². The van der Waals surface area contributed by atoms with Gasteiger partial charge in [-0.3, -0.25) is 9.59 Å². The average molecular weight is 347 g/mol. The Kier molecular flexibility index (Phi) is 6.16. The summed E-state index contributed by atoms with van der Waals surface area (Å²) in [6.07, 6.45) is 0.818. The lowest BCUT2D eigenvalue weighted by Gasteiger charge is -2.09. The van der Waals surface area contributed by atoms with Crippen LogP contribution in [0.25, 0.3) is 0 Å². The van der Waals surface area contributed by atoms with Crippen molar-refractivity contribution in [1.29, 1.82) is 0 Å². The number of benzene rings is 1. The van der Waals surface area contributed by atoms with E-state index in [-0.39, 0.29) is 11.4 Å². The summed E-state index contributed by atoms with van der Waals surface area (Å²) < 4.78 is 27.2. The molecule has 0 saturated carbocycles. The van der Waals surface area contributed by atoms with E-state index in [0.717, 1.165) is 18.6 Å². The lowest BCUT2D eigenvalue weighted by molar-refractivity contribution is 0.0947. The van der Waals surface area contributed by atoms with Crippen LogP contribution < -0.4 is 10.6 Å². The van der Waals surface area contributed by atoms with Crippen LogP contribution in [-0.4, -0.2) is 23.3 Å². The molecule has 0 aliphatic heterocycles. The number of carbonyl (C=O) groups is 2. The molecule has 0 fully saturated rings. The van der Waals surface area contributed by atoms with Crippen LogP contribution in [0.5, 0.6) is 0 Å². The van der Waals surface area contributed by atoms with E-state index in [0.29, 0.717) is 12.5 Å². The zero-order valence-electron chi connectivity index (χ0n) is 14.0. The van der Waals surface area contributed by atoms with Crippen molar-refractivity contribution in [2.24, 2.45) is 5.92 Å². The molecule has 0 saturated heterocycles. The minimum absolute atomic E-state index is 0.0606. The van der Waals surface area contributed by atoms with Gasteiger partial charge in [-0.25, -0.2) is 13.8 Å². The number of halogens is 2. The van der Waals surface area contributed by atoms with Crippen LogP contribution in [0.2, 0.25) is 0 Å². The maximum atomic E-state index is 13.6. The number of rotatable bonds is 6. The van der Waals surface area contributed by atoms with Gasteiger partial charge in [-0.05, 0) is 36.6 Å². The second-order valence-electron chi connectivity index (χ2n) is 5.90. The highest BCUT2D eigenvalue weighted by atomic mass is 19.1. The molecule has 2 rings (SSSR count). The van der Waals surface area contributed by atoms with Gasteiger partial charge in [0.1, 0.15) is 28.7 Å². The van der Waals surface area contributed by atoms with Crippen LogP contribution in [0.3, 0.4) is 0 Å². The van der Waals surface area contributed by atoms with Crippen molar-refractivity contribution in [2.45, 2.75) is 20.3 Å². The average Bonchev–Trinajstić information content (AvgIpc) is 2.58. The first-order valence-electron chi connectivity index (χ1n) is 7.89. The minimum Gasteiger partial charge on any atom is -0.351 e. The number of pyridine rings is 1. The Morgan fingerprint density at radius 2 is 1.56 bits per heavy atom. The Balaban J connectivity index is 2.10. The quantitative estimate of drug-likeness (QED) is 0.841. The maximum Gasteiger partial charge on any atom is 0.274 e. The van der Waals surface area contributed by atoms with Gasteiger partial charge in [0.15, 0.2) is 0 Å². The SMILES string of the molecule is CC(C)CCNC(=O)c1cccc(C(=O)Nc2c(F)cccc2F)n1. The molecule has 1 aromatic heterocycles. The fourth-order valence-electron chi connectivity index (χ4n) is 2.05. The lowest BCUT2D eigenvalue weighted by Crippen LogP contribution is -2.27. The Labute approximate surface area is 144 Å². The molecule has 2 aromatic rings. The van der Waals surface area contributed by atoms with E-state index >= 15 is 0 Å². The van der Waals surface area contributed by atoms with E-state index in [9.17, 15) is 18.4 Å². The van der Waals surface area contributed by atoms with E-state index in [4.69, 9.17) is 0 Å². The number of amides is 2. The molecule has 0 unspecified atom stereocenters. The summed E-state index contributed by atoms with van der Waals surface area (Å²) in [5.74, 6) is -2.55. The smallest absolute Gasteiger partial charge is 0.274 e. The second kappa shape index (κ2) is 8.32. The lowest BCUT2D eigenvalue weighted by atomic mass is 10.1. The van der Waals surface area contributed by atoms with Gasteiger partial charge in [0.05, 0.1) is 0 Å². The molecule has 1 heterocycles. The topological polar surface area (TPSA) is 71.1 Å². The number of anilines is 1. The summed E-state index contributed by atoms with van der Waals surface area (Å²) in [7, 11) is 0. The number of nitrogens with zero attached hydrogens (tertiary/aromatic N) is 1. The van der Waals surface area contributed by atoms with Gasteiger partial charge in [0.25, 0.3) is 11.8 Å². The van der Waals surface area contributed by atoms with E-state index < -0.39 is 29.1 Å². The maximum absolute atomic E-state index is 13.6. The summed E-state index contributed by atoms with van der Waals surface area (Å²) in [6.45, 7) is 4.57. The second-order valence-corrected chi connectivity index (χ2v) is 5.90. The molecule has 0 aliphatic carbocycles. The van der Waals surface area contributed by atoms with Crippen LogP contribution in [-0.2, 0) is 0 Å². The van der Waals surface area contributed by atoms with Crippen molar-refractivity contribution in [3.8, 4) is 0 Å². The first kappa shape index (κ1) is 18.5. The molecular formula is C18H19F2N3O2. The van der Waals surface area contributed by atoms with E-state index in [1.807, 2.05) is 13.8 Å². The highest BCUT2D eigenvalue weighted by Gasteiger charge is 2.16. The van der Waals surface area contributed by atoms with Crippen LogP contribution in [0.4, 0.5) is 14.5 Å². The molecule has 5 nitrogen and oxygen atoms in total. The molecule has 2 amide bonds. The summed E-state index contributed by atoms with van der Waals surface area (Å²) in [6, 6.07) is 7.57. The van der Waals surface area contributed by atoms with Gasteiger partial charge in [-0.1, -0.05) is 26.0 Å². The third-order valence-electron chi connectivity index (χ3n) is 3.42. The first-order chi connectivity index (χ1) is 11.9. The van der Waals surface area contributed by atoms with E-state index in [1.165, 1.54) is 24.3 Å². The molecule has 2 N–H and O–H groups in total. The largest absolute Gasteiger partial charge is 0.351 e. The summed E-state index contributed by atoms with van der Waals surface area (Å²) in [5.41, 5.74) is -0.606. The number of hydrogen-bond acceptors (Lipinski definition) is 3. The summed E-state index contributed by atoms with van der Waals surface area (Å²) in [5, 5.41) is 4.85. The van der Waals surface area contributed by atoms with Gasteiger partial charge in [0, 0.05) is 6.54 Å². The number of nitrogens with one attached hydrogen (secondary N) is 2. The highest BCUT2D eigenvalue weighted by Crippen LogP contribution is 2.18. The number of hydrogen-bond donors (Lipinski definition) is 2. The third-order valence-corrected chi connectivity index (χ3v) is 3.42. The Hall–Kier alpha value is -2.83. The summed E-state index contributed by atoms with van der Waals surface area (Å²) in [4.78, 5) is 28.2. The zero-order chi connectivity index (χ0) is 18.4. The normalized spacial score (nSPS) is 10.6. The van der Waals surface area contributed by atoms with Crippen LogP contribution >= 0.6 is 0 Å². The minimum atomic E-state index is -0.893. The van der Waals surface area contributed by atoms with Crippen molar-refractivity contribution in [3.05, 3.63) is 59.4 Å². The van der Waals surface area contributed by atoms with Crippen molar-refractivity contribution in [2.75, 3.05) is 11.9 Å². The number of carbonyl (C=O) groups excluding carboxylic acids is 2. The molecule has 132 valence electrons. The number of aromatic nitrogens is 1. The van der Waals surface area contributed by atoms with Crippen LogP contribution in [0.15, 0.2) is 36.4 Å². The molecule has 7 heteroatoms. The molecule has 25 heavy (non-hydrogen) atoms. The van der Waals surface area contributed by atoms with E-state index in [1.54, 1.807) is 0 Å². The molecule has 0 radical (unpaired) electrons. The monoisotopic (exact) mass is 347 g/mol. The van der Waals surface area contributed by atoms with Crippen molar-refractivity contribution in [3.63, 3.8) is 0 Å². The molecular weight excluding hydrogens is 328 g/mol. The molecule has 0 atom stereocenters. The van der Waals surface area contributed by atoms with Gasteiger partial charge in [0.2, 0.25) is 0 Å². The Morgan fingerprint density at radius 1 is 1.00 bits per heavy atom. The highest BCUT2D eigenvalue weighted by molar-refractivity contribution is 6.04. The van der Waals surface area contributed by atoms with Crippen molar-refractivity contribution < 1.29 is 18.4 Å². The molecule has 1 aromatic carbocycles. The van der Waals surface area contributed by atoms with Gasteiger partial charge in [-0.2, -0.15) is 0 Å². The third kappa shape index (κ3) is 5.07. The zero-order valence-corrected chi connectivity index (χ0v) is 14.0. The molecule has 0 bridgehead atoms. The Bertz CT molecular complexity index is 758. The molecule has 0 spiro atoms. The van der Waals surface area contributed by atoms with Crippen LogP contribution in [0.1, 0.15) is 41.2 Å². The predicted molar refractivity (Wildman–Crippen MR) is 90.3 cm³/mol.